The summed E-state index contributed by atoms with van der Waals surface area (Å²) in [4.78, 5) is 35.6. The zero-order valence-electron chi connectivity index (χ0n) is 39.1. The maximum absolute atomic E-state index is 12.8. The number of hydrogen-bond acceptors (Lipinski definition) is 12. The van der Waals surface area contributed by atoms with Crippen molar-refractivity contribution in [2.75, 3.05) is 13.2 Å². The molecule has 6 N–H and O–H groups in total. The number of hydrogen-bond donors (Lipinski definition) is 6. The molecule has 0 bridgehead atoms. The monoisotopic (exact) mass is 917 g/mol. The van der Waals surface area contributed by atoms with Gasteiger partial charge in [0, 0.05) is 12.5 Å². The molecule has 1 aliphatic carbocycles. The Labute approximate surface area is 380 Å². The van der Waals surface area contributed by atoms with Gasteiger partial charge in [0.1, 0.15) is 43.2 Å². The molecule has 0 aromatic carbocycles. The Bertz CT molecular complexity index is 1240. The van der Waals surface area contributed by atoms with Gasteiger partial charge < -0.3 is 39.9 Å². The van der Waals surface area contributed by atoms with Crippen molar-refractivity contribution in [1.82, 2.24) is 0 Å². The summed E-state index contributed by atoms with van der Waals surface area (Å²) in [7, 11) is -5.14. The van der Waals surface area contributed by atoms with E-state index in [4.69, 9.17) is 18.5 Å². The fraction of sp³-hybridized carbons (Fsp3) is 0.837. The SMILES string of the molecule is CCCCCCCC/C=C/CCCCCCCCCCCC(=O)OC[C@@H](COP(=O)(O)OC1C(O)C(O)C(O)[C@H](O)C1O)OC(=O)/C=C/C=C/CCCCCCCCCCCCC. The summed E-state index contributed by atoms with van der Waals surface area (Å²) in [6.07, 6.45) is 32.6. The van der Waals surface area contributed by atoms with Gasteiger partial charge in [-0.1, -0.05) is 185 Å². The number of allylic oxidation sites excluding steroid dienone is 5. The van der Waals surface area contributed by atoms with Crippen LogP contribution in [-0.2, 0) is 32.7 Å². The molecule has 6 unspecified atom stereocenters. The molecule has 0 aromatic rings. The first-order chi connectivity index (χ1) is 30.4. The molecule has 368 valence electrons. The highest BCUT2D eigenvalue weighted by molar-refractivity contribution is 7.47. The molecule has 0 radical (unpaired) electrons. The summed E-state index contributed by atoms with van der Waals surface area (Å²) in [5.74, 6) is -1.35. The number of unbranched alkanes of at least 4 members (excludes halogenated alkanes) is 26. The van der Waals surface area contributed by atoms with E-state index in [1.165, 1.54) is 141 Å². The van der Waals surface area contributed by atoms with Crippen molar-refractivity contribution >= 4 is 19.8 Å². The highest BCUT2D eigenvalue weighted by Crippen LogP contribution is 2.47. The minimum atomic E-state index is -5.14. The van der Waals surface area contributed by atoms with Gasteiger partial charge in [-0.25, -0.2) is 9.36 Å². The van der Waals surface area contributed by atoms with Crippen LogP contribution in [0, 0.1) is 0 Å². The number of carbonyl (C=O) groups is 2. The topological polar surface area (TPSA) is 210 Å². The molecule has 0 aliphatic heterocycles. The van der Waals surface area contributed by atoms with Crippen LogP contribution < -0.4 is 0 Å². The molecule has 1 aliphatic rings. The predicted molar refractivity (Wildman–Crippen MR) is 249 cm³/mol. The summed E-state index contributed by atoms with van der Waals surface area (Å²) in [6, 6.07) is 0. The Balaban J connectivity index is 2.45. The van der Waals surface area contributed by atoms with Crippen molar-refractivity contribution in [2.45, 2.75) is 249 Å². The molecular formula is C49H89O13P. The lowest BCUT2D eigenvalue weighted by molar-refractivity contribution is -0.220. The summed E-state index contributed by atoms with van der Waals surface area (Å²) in [6.45, 7) is 3.21. The van der Waals surface area contributed by atoms with Crippen LogP contribution in [0.4, 0.5) is 0 Å². The maximum atomic E-state index is 12.8. The molecule has 0 aromatic heterocycles. The third-order valence-corrected chi connectivity index (χ3v) is 12.5. The minimum Gasteiger partial charge on any atom is -0.462 e. The summed E-state index contributed by atoms with van der Waals surface area (Å²) < 4.78 is 33.4. The fourth-order valence-corrected chi connectivity index (χ4v) is 8.52. The number of phosphoric ester groups is 1. The number of aliphatic hydroxyl groups excluding tert-OH is 5. The number of ether oxygens (including phenoxy) is 2. The number of phosphoric acid groups is 1. The molecule has 1 rings (SSSR count). The first-order valence-electron chi connectivity index (χ1n) is 24.8. The van der Waals surface area contributed by atoms with E-state index >= 15 is 0 Å². The van der Waals surface area contributed by atoms with E-state index in [-0.39, 0.29) is 6.42 Å². The van der Waals surface area contributed by atoms with Crippen molar-refractivity contribution in [1.29, 1.82) is 0 Å². The van der Waals surface area contributed by atoms with E-state index in [1.807, 2.05) is 6.08 Å². The predicted octanol–water partition coefficient (Wildman–Crippen LogP) is 10.2. The lowest BCUT2D eigenvalue weighted by Crippen LogP contribution is -2.64. The largest absolute Gasteiger partial charge is 0.472 e. The molecular weight excluding hydrogens is 827 g/mol. The average molecular weight is 917 g/mol. The second kappa shape index (κ2) is 39.3. The molecule has 8 atom stereocenters. The van der Waals surface area contributed by atoms with E-state index in [2.05, 4.69) is 26.0 Å². The van der Waals surface area contributed by atoms with E-state index in [0.717, 1.165) is 51.4 Å². The normalized spacial score (nSPS) is 22.0. The highest BCUT2D eigenvalue weighted by atomic mass is 31.2. The van der Waals surface area contributed by atoms with Crippen molar-refractivity contribution in [3.05, 3.63) is 36.5 Å². The molecule has 0 saturated heterocycles. The zero-order valence-corrected chi connectivity index (χ0v) is 40.0. The molecule has 14 heteroatoms. The van der Waals surface area contributed by atoms with Gasteiger partial charge in [0.05, 0.1) is 6.61 Å². The van der Waals surface area contributed by atoms with Crippen LogP contribution in [0.5, 0.6) is 0 Å². The van der Waals surface area contributed by atoms with Crippen LogP contribution in [0.1, 0.15) is 206 Å². The Morgan fingerprint density at radius 1 is 0.524 bits per heavy atom. The quantitative estimate of drug-likeness (QED) is 0.00843. The van der Waals surface area contributed by atoms with Crippen LogP contribution in [0.3, 0.4) is 0 Å². The van der Waals surface area contributed by atoms with Crippen LogP contribution in [0.2, 0.25) is 0 Å². The zero-order chi connectivity index (χ0) is 46.4. The van der Waals surface area contributed by atoms with E-state index in [9.17, 15) is 44.6 Å². The molecule has 1 fully saturated rings. The molecule has 63 heavy (non-hydrogen) atoms. The van der Waals surface area contributed by atoms with Gasteiger partial charge in [0.15, 0.2) is 6.10 Å². The van der Waals surface area contributed by atoms with Gasteiger partial charge >= 0.3 is 19.8 Å². The Morgan fingerprint density at radius 3 is 1.38 bits per heavy atom. The van der Waals surface area contributed by atoms with Crippen LogP contribution in [0.15, 0.2) is 36.5 Å². The van der Waals surface area contributed by atoms with Gasteiger partial charge in [-0.2, -0.15) is 0 Å². The van der Waals surface area contributed by atoms with Crippen molar-refractivity contribution < 1.29 is 63.1 Å². The standard InChI is InChI=1S/C49H89O13P/c1-3-5-7-9-11-13-15-17-19-20-21-22-24-25-27-29-31-33-35-37-42(50)59-39-41(40-60-63(57,58)62-49-47(55)45(53)44(52)46(54)48(49)56)61-43(51)38-36-34-32-30-28-26-23-18-16-14-12-10-8-6-4-2/h17,19,32,34,36,38,41,44-49,52-56H,3-16,18,20-31,33,35,37,39-40H2,1-2H3,(H,57,58)/b19-17+,34-32+,38-36+/t41-,44?,45-,46?,47?,48?,49?/m0/s1. The van der Waals surface area contributed by atoms with Crippen LogP contribution in [0.25, 0.3) is 0 Å². The molecule has 13 nitrogen and oxygen atoms in total. The Morgan fingerprint density at radius 2 is 0.921 bits per heavy atom. The summed E-state index contributed by atoms with van der Waals surface area (Å²) in [5.41, 5.74) is 0. The van der Waals surface area contributed by atoms with Crippen molar-refractivity contribution in [2.24, 2.45) is 0 Å². The van der Waals surface area contributed by atoms with E-state index in [1.54, 1.807) is 6.08 Å². The van der Waals surface area contributed by atoms with Gasteiger partial charge in [0.2, 0.25) is 0 Å². The maximum Gasteiger partial charge on any atom is 0.472 e. The van der Waals surface area contributed by atoms with Crippen LogP contribution in [-0.4, -0.2) is 98.3 Å². The Hall–Kier alpha value is -1.93. The number of rotatable bonds is 41. The van der Waals surface area contributed by atoms with Gasteiger partial charge in [-0.15, -0.1) is 0 Å². The first-order valence-corrected chi connectivity index (χ1v) is 26.3. The second-order valence-electron chi connectivity index (χ2n) is 17.4. The first kappa shape index (κ1) is 59.1. The van der Waals surface area contributed by atoms with E-state index < -0.39 is 75.7 Å². The number of carbonyl (C=O) groups excluding carboxylic acids is 2. The van der Waals surface area contributed by atoms with Crippen molar-refractivity contribution in [3.8, 4) is 0 Å². The lowest BCUT2D eigenvalue weighted by Gasteiger charge is -2.41. The lowest BCUT2D eigenvalue weighted by atomic mass is 9.85. The summed E-state index contributed by atoms with van der Waals surface area (Å²) in [5, 5.41) is 50.2. The van der Waals surface area contributed by atoms with Gasteiger partial charge in [-0.05, 0) is 44.9 Å². The molecule has 0 heterocycles. The van der Waals surface area contributed by atoms with Crippen molar-refractivity contribution in [3.63, 3.8) is 0 Å². The second-order valence-corrected chi connectivity index (χ2v) is 18.8. The fourth-order valence-electron chi connectivity index (χ4n) is 7.54. The summed E-state index contributed by atoms with van der Waals surface area (Å²) >= 11 is 0. The number of esters is 2. The third-order valence-electron chi connectivity index (χ3n) is 11.6. The smallest absolute Gasteiger partial charge is 0.462 e. The van der Waals surface area contributed by atoms with Gasteiger partial charge in [-0.3, -0.25) is 13.8 Å². The van der Waals surface area contributed by atoms with E-state index in [0.29, 0.717) is 6.42 Å². The van der Waals surface area contributed by atoms with Gasteiger partial charge in [0.25, 0.3) is 0 Å². The third kappa shape index (κ3) is 31.6. The van der Waals surface area contributed by atoms with Crippen LogP contribution >= 0.6 is 7.82 Å². The molecule has 0 spiro atoms. The molecule has 1 saturated carbocycles. The molecule has 0 amide bonds. The minimum absolute atomic E-state index is 0.146. The Kier molecular flexibility index (Phi) is 36.8. The average Bonchev–Trinajstić information content (AvgIpc) is 3.26. The number of aliphatic hydroxyl groups is 5. The highest BCUT2D eigenvalue weighted by Gasteiger charge is 2.51.